The summed E-state index contributed by atoms with van der Waals surface area (Å²) >= 11 is 0. The third kappa shape index (κ3) is 2.76. The zero-order chi connectivity index (χ0) is 15.5. The van der Waals surface area contributed by atoms with Crippen LogP contribution in [0.25, 0.3) is 11.1 Å². The van der Waals surface area contributed by atoms with Crippen LogP contribution in [-0.2, 0) is 4.79 Å². The van der Waals surface area contributed by atoms with E-state index in [2.05, 4.69) is 26.7 Å². The van der Waals surface area contributed by atoms with Gasteiger partial charge in [0, 0.05) is 30.5 Å². The Morgan fingerprint density at radius 3 is 3.14 bits per heavy atom. The number of nitrogens with one attached hydrogen (secondary N) is 2. The van der Waals surface area contributed by atoms with Crippen molar-refractivity contribution in [1.82, 2.24) is 20.1 Å². The Bertz CT molecular complexity index is 732. The summed E-state index contributed by atoms with van der Waals surface area (Å²) in [5.41, 5.74) is 2.89. The molecule has 2 N–H and O–H groups in total. The van der Waals surface area contributed by atoms with Crippen molar-refractivity contribution in [2.45, 2.75) is 13.3 Å². The average Bonchev–Trinajstić information content (AvgIpc) is 3.16. The Labute approximate surface area is 128 Å². The van der Waals surface area contributed by atoms with E-state index in [-0.39, 0.29) is 11.8 Å². The van der Waals surface area contributed by atoms with Crippen LogP contribution in [0.3, 0.4) is 0 Å². The molecular formula is C15H16N6O. The van der Waals surface area contributed by atoms with Gasteiger partial charge in [-0.05, 0) is 31.0 Å². The molecule has 0 aromatic carbocycles. The SMILES string of the molecule is Cc1[nH]ncc1-c1ccnc(NC(=O)C2CCN(C#N)C2)c1. The lowest BCUT2D eigenvalue weighted by Gasteiger charge is -2.11. The molecule has 7 nitrogen and oxygen atoms in total. The van der Waals surface area contributed by atoms with Crippen LogP contribution in [0.15, 0.2) is 24.5 Å². The highest BCUT2D eigenvalue weighted by molar-refractivity contribution is 5.92. The van der Waals surface area contributed by atoms with Crippen molar-refractivity contribution >= 4 is 11.7 Å². The lowest BCUT2D eigenvalue weighted by Crippen LogP contribution is -2.25. The summed E-state index contributed by atoms with van der Waals surface area (Å²) in [5.74, 6) is 0.255. The van der Waals surface area contributed by atoms with Gasteiger partial charge < -0.3 is 10.2 Å². The average molecular weight is 296 g/mol. The van der Waals surface area contributed by atoms with Crippen molar-refractivity contribution < 1.29 is 4.79 Å². The van der Waals surface area contributed by atoms with Gasteiger partial charge in [0.2, 0.25) is 5.91 Å². The third-order valence-electron chi connectivity index (χ3n) is 3.85. The maximum atomic E-state index is 12.2. The first kappa shape index (κ1) is 14.1. The van der Waals surface area contributed by atoms with Crippen molar-refractivity contribution in [3.8, 4) is 17.3 Å². The van der Waals surface area contributed by atoms with E-state index < -0.39 is 0 Å². The number of hydrogen-bond donors (Lipinski definition) is 2. The summed E-state index contributed by atoms with van der Waals surface area (Å²) in [7, 11) is 0. The highest BCUT2D eigenvalue weighted by Crippen LogP contribution is 2.24. The number of aryl methyl sites for hydroxylation is 1. The minimum absolute atomic E-state index is 0.0914. The molecule has 1 amide bonds. The van der Waals surface area contributed by atoms with Crippen LogP contribution in [0.4, 0.5) is 5.82 Å². The molecule has 2 aromatic rings. The molecule has 3 rings (SSSR count). The molecule has 0 bridgehead atoms. The zero-order valence-corrected chi connectivity index (χ0v) is 12.2. The molecule has 1 aliphatic rings. The van der Waals surface area contributed by atoms with E-state index >= 15 is 0 Å². The molecule has 112 valence electrons. The van der Waals surface area contributed by atoms with Gasteiger partial charge in [-0.15, -0.1) is 0 Å². The third-order valence-corrected chi connectivity index (χ3v) is 3.85. The number of pyridine rings is 1. The number of H-pyrrole nitrogens is 1. The van der Waals surface area contributed by atoms with Crippen molar-refractivity contribution in [1.29, 1.82) is 5.26 Å². The molecule has 1 fully saturated rings. The Kier molecular flexibility index (Phi) is 3.74. The van der Waals surface area contributed by atoms with Crippen LogP contribution in [-0.4, -0.2) is 39.1 Å². The molecule has 22 heavy (non-hydrogen) atoms. The molecule has 3 heterocycles. The summed E-state index contributed by atoms with van der Waals surface area (Å²) in [6.07, 6.45) is 6.18. The molecule has 0 aliphatic carbocycles. The van der Waals surface area contributed by atoms with Gasteiger partial charge >= 0.3 is 0 Å². The number of rotatable bonds is 3. The summed E-state index contributed by atoms with van der Waals surface area (Å²) in [4.78, 5) is 18.0. The van der Waals surface area contributed by atoms with E-state index in [1.807, 2.05) is 19.1 Å². The van der Waals surface area contributed by atoms with Gasteiger partial charge in [0.1, 0.15) is 5.82 Å². The van der Waals surface area contributed by atoms with Crippen LogP contribution in [0.5, 0.6) is 0 Å². The van der Waals surface area contributed by atoms with Crippen molar-refractivity contribution in [3.63, 3.8) is 0 Å². The molecule has 0 spiro atoms. The first-order chi connectivity index (χ1) is 10.7. The summed E-state index contributed by atoms with van der Waals surface area (Å²) < 4.78 is 0. The Morgan fingerprint density at radius 1 is 1.59 bits per heavy atom. The number of carbonyl (C=O) groups is 1. The predicted octanol–water partition coefficient (Wildman–Crippen LogP) is 1.52. The zero-order valence-electron chi connectivity index (χ0n) is 12.2. The molecule has 1 unspecified atom stereocenters. The minimum atomic E-state index is -0.166. The number of likely N-dealkylation sites (tertiary alicyclic amines) is 1. The molecule has 1 saturated heterocycles. The first-order valence-electron chi connectivity index (χ1n) is 7.09. The van der Waals surface area contributed by atoms with Crippen LogP contribution >= 0.6 is 0 Å². The van der Waals surface area contributed by atoms with Crippen LogP contribution in [0.2, 0.25) is 0 Å². The van der Waals surface area contributed by atoms with E-state index in [1.54, 1.807) is 17.3 Å². The highest BCUT2D eigenvalue weighted by Gasteiger charge is 2.28. The number of hydrogen-bond acceptors (Lipinski definition) is 5. The van der Waals surface area contributed by atoms with E-state index in [0.717, 1.165) is 16.8 Å². The van der Waals surface area contributed by atoms with E-state index in [4.69, 9.17) is 5.26 Å². The van der Waals surface area contributed by atoms with E-state index in [9.17, 15) is 4.79 Å². The Balaban J connectivity index is 1.72. The van der Waals surface area contributed by atoms with E-state index in [0.29, 0.717) is 25.3 Å². The van der Waals surface area contributed by atoms with Crippen molar-refractivity contribution in [2.24, 2.45) is 5.92 Å². The number of carbonyl (C=O) groups excluding carboxylic acids is 1. The summed E-state index contributed by atoms with van der Waals surface area (Å²) in [6.45, 7) is 3.05. The predicted molar refractivity (Wildman–Crippen MR) is 80.5 cm³/mol. The molecular weight excluding hydrogens is 280 g/mol. The quantitative estimate of drug-likeness (QED) is 0.837. The highest BCUT2D eigenvalue weighted by atomic mass is 16.2. The molecule has 0 saturated carbocycles. The van der Waals surface area contributed by atoms with Gasteiger partial charge in [-0.2, -0.15) is 10.4 Å². The second kappa shape index (κ2) is 5.85. The molecule has 1 atom stereocenters. The number of nitrogens with zero attached hydrogens (tertiary/aromatic N) is 4. The van der Waals surface area contributed by atoms with Crippen LogP contribution < -0.4 is 5.32 Å². The lowest BCUT2D eigenvalue weighted by atomic mass is 10.1. The number of anilines is 1. The smallest absolute Gasteiger partial charge is 0.230 e. The number of aromatic amines is 1. The Hall–Kier alpha value is -2.88. The second-order valence-electron chi connectivity index (χ2n) is 5.36. The van der Waals surface area contributed by atoms with Gasteiger partial charge in [-0.25, -0.2) is 4.98 Å². The van der Waals surface area contributed by atoms with Crippen molar-refractivity contribution in [3.05, 3.63) is 30.2 Å². The number of aromatic nitrogens is 3. The van der Waals surface area contributed by atoms with Crippen molar-refractivity contribution in [2.75, 3.05) is 18.4 Å². The van der Waals surface area contributed by atoms with Gasteiger partial charge in [-0.3, -0.25) is 9.89 Å². The summed E-state index contributed by atoms with van der Waals surface area (Å²) in [6, 6.07) is 3.70. The van der Waals surface area contributed by atoms with Crippen LogP contribution in [0, 0.1) is 24.3 Å². The molecule has 7 heteroatoms. The molecule has 2 aromatic heterocycles. The van der Waals surface area contributed by atoms with E-state index in [1.165, 1.54) is 0 Å². The van der Waals surface area contributed by atoms with Crippen LogP contribution in [0.1, 0.15) is 12.1 Å². The van der Waals surface area contributed by atoms with Gasteiger partial charge in [-0.1, -0.05) is 0 Å². The standard InChI is InChI=1S/C15H16N6O/c1-10-13(7-18-20-10)11-2-4-17-14(6-11)19-15(22)12-3-5-21(8-12)9-16/h2,4,6-7,12H,3,5,8H2,1H3,(H,18,20)(H,17,19,22). The van der Waals surface area contributed by atoms with Gasteiger partial charge in [0.25, 0.3) is 0 Å². The fraction of sp³-hybridized carbons (Fsp3) is 0.333. The molecule has 1 aliphatic heterocycles. The van der Waals surface area contributed by atoms with Gasteiger partial charge in [0.15, 0.2) is 6.19 Å². The lowest BCUT2D eigenvalue weighted by molar-refractivity contribution is -0.119. The maximum absolute atomic E-state index is 12.2. The van der Waals surface area contributed by atoms with Gasteiger partial charge in [0.05, 0.1) is 12.1 Å². The second-order valence-corrected chi connectivity index (χ2v) is 5.36. The molecule has 0 radical (unpaired) electrons. The topological polar surface area (TPSA) is 97.7 Å². The fourth-order valence-electron chi connectivity index (χ4n) is 2.60. The monoisotopic (exact) mass is 296 g/mol. The normalized spacial score (nSPS) is 17.3. The number of nitriles is 1. The summed E-state index contributed by atoms with van der Waals surface area (Å²) in [5, 5.41) is 18.6. The first-order valence-corrected chi connectivity index (χ1v) is 7.09. The maximum Gasteiger partial charge on any atom is 0.230 e. The minimum Gasteiger partial charge on any atom is -0.310 e. The fourth-order valence-corrected chi connectivity index (χ4v) is 2.60. The largest absolute Gasteiger partial charge is 0.310 e. The Morgan fingerprint density at radius 2 is 2.45 bits per heavy atom. The number of amides is 1.